The van der Waals surface area contributed by atoms with Crippen molar-refractivity contribution >= 4 is 40.1 Å². The normalized spacial score (nSPS) is 14.3. The molecule has 0 radical (unpaired) electrons. The minimum Gasteiger partial charge on any atom is -0.382 e. The summed E-state index contributed by atoms with van der Waals surface area (Å²) in [7, 11) is 0. The van der Waals surface area contributed by atoms with Crippen molar-refractivity contribution in [2.75, 3.05) is 41.0 Å². The van der Waals surface area contributed by atoms with Gasteiger partial charge in [-0.3, -0.25) is 0 Å². The summed E-state index contributed by atoms with van der Waals surface area (Å²) in [4.78, 5) is 15.6. The zero-order chi connectivity index (χ0) is 21.4. The largest absolute Gasteiger partial charge is 0.382 e. The van der Waals surface area contributed by atoms with Crippen LogP contribution in [-0.2, 0) is 6.54 Å². The molecule has 0 spiro atoms. The third-order valence-corrected chi connectivity index (χ3v) is 6.20. The Morgan fingerprint density at radius 3 is 2.48 bits per heavy atom. The Kier molecular flexibility index (Phi) is 5.06. The van der Waals surface area contributed by atoms with Crippen molar-refractivity contribution in [3.8, 4) is 11.5 Å². The van der Waals surface area contributed by atoms with Gasteiger partial charge in [0.1, 0.15) is 17.2 Å². The standard InChI is InChI=1S/C21H21FN8S/c22-15-6-2-1-4-13(15)12-30-21-14(5-3-7-25-21)16(28-30)20-26-18(23)17(19(24)27-20)29-8-10-31-11-9-29/h1-7H,8-12H2,(H4,23,24,26,27). The first-order chi connectivity index (χ1) is 15.1. The van der Waals surface area contributed by atoms with E-state index in [9.17, 15) is 4.39 Å². The molecule has 1 saturated heterocycles. The highest BCUT2D eigenvalue weighted by Gasteiger charge is 2.22. The number of hydrogen-bond acceptors (Lipinski definition) is 8. The number of anilines is 3. The molecule has 0 amide bonds. The number of nitrogens with two attached hydrogens (primary N) is 2. The zero-order valence-corrected chi connectivity index (χ0v) is 17.5. The van der Waals surface area contributed by atoms with Crippen LogP contribution in [0.3, 0.4) is 0 Å². The van der Waals surface area contributed by atoms with Crippen LogP contribution in [0, 0.1) is 5.82 Å². The molecule has 31 heavy (non-hydrogen) atoms. The van der Waals surface area contributed by atoms with Crippen LogP contribution in [0.5, 0.6) is 0 Å². The number of nitrogen functional groups attached to an aromatic ring is 2. The molecule has 158 valence electrons. The second-order valence-corrected chi connectivity index (χ2v) is 8.46. The number of thioether (sulfide) groups is 1. The summed E-state index contributed by atoms with van der Waals surface area (Å²) in [6.45, 7) is 1.94. The third kappa shape index (κ3) is 3.63. The minimum atomic E-state index is -0.294. The van der Waals surface area contributed by atoms with Gasteiger partial charge in [-0.1, -0.05) is 18.2 Å². The van der Waals surface area contributed by atoms with Crippen molar-refractivity contribution in [1.29, 1.82) is 0 Å². The van der Waals surface area contributed by atoms with Gasteiger partial charge in [-0.15, -0.1) is 0 Å². The predicted octanol–water partition coefficient (Wildman–Crippen LogP) is 2.79. The van der Waals surface area contributed by atoms with Crippen LogP contribution in [-0.4, -0.2) is 49.3 Å². The fourth-order valence-electron chi connectivity index (χ4n) is 3.78. The second kappa shape index (κ2) is 8.03. The summed E-state index contributed by atoms with van der Waals surface area (Å²) in [5.41, 5.74) is 14.9. The number of hydrogen-bond donors (Lipinski definition) is 2. The number of nitrogens with zero attached hydrogens (tertiary/aromatic N) is 6. The number of aromatic nitrogens is 5. The molecule has 10 heteroatoms. The van der Waals surface area contributed by atoms with Crippen LogP contribution in [0.4, 0.5) is 21.7 Å². The highest BCUT2D eigenvalue weighted by molar-refractivity contribution is 7.99. The third-order valence-electron chi connectivity index (χ3n) is 5.26. The summed E-state index contributed by atoms with van der Waals surface area (Å²) in [6, 6.07) is 10.3. The number of halogens is 1. The molecule has 0 aliphatic carbocycles. The molecule has 5 rings (SSSR count). The van der Waals surface area contributed by atoms with Crippen LogP contribution < -0.4 is 16.4 Å². The van der Waals surface area contributed by atoms with E-state index in [4.69, 9.17) is 11.5 Å². The van der Waals surface area contributed by atoms with Gasteiger partial charge in [0.25, 0.3) is 0 Å². The summed E-state index contributed by atoms with van der Waals surface area (Å²) < 4.78 is 15.9. The summed E-state index contributed by atoms with van der Waals surface area (Å²) >= 11 is 1.90. The Labute approximate surface area is 182 Å². The lowest BCUT2D eigenvalue weighted by Crippen LogP contribution is -2.34. The number of benzene rings is 1. The van der Waals surface area contributed by atoms with Gasteiger partial charge >= 0.3 is 0 Å². The zero-order valence-electron chi connectivity index (χ0n) is 16.7. The Balaban J connectivity index is 1.58. The Bertz CT molecular complexity index is 1230. The molecule has 3 aromatic heterocycles. The molecule has 1 fully saturated rings. The van der Waals surface area contributed by atoms with Gasteiger partial charge in [-0.05, 0) is 18.2 Å². The first-order valence-electron chi connectivity index (χ1n) is 9.93. The van der Waals surface area contributed by atoms with E-state index in [2.05, 4.69) is 25.0 Å². The molecule has 0 saturated carbocycles. The van der Waals surface area contributed by atoms with Gasteiger partial charge in [0.2, 0.25) is 0 Å². The van der Waals surface area contributed by atoms with E-state index in [1.165, 1.54) is 6.07 Å². The van der Waals surface area contributed by atoms with E-state index in [0.717, 1.165) is 30.0 Å². The first-order valence-corrected chi connectivity index (χ1v) is 11.1. The van der Waals surface area contributed by atoms with Crippen LogP contribution in [0.25, 0.3) is 22.6 Å². The van der Waals surface area contributed by atoms with E-state index in [-0.39, 0.29) is 12.4 Å². The van der Waals surface area contributed by atoms with Crippen LogP contribution >= 0.6 is 11.8 Å². The van der Waals surface area contributed by atoms with Crippen LogP contribution in [0.2, 0.25) is 0 Å². The number of fused-ring (bicyclic) bond motifs is 1. The van der Waals surface area contributed by atoms with Crippen molar-refractivity contribution in [2.45, 2.75) is 6.54 Å². The Hall–Kier alpha value is -3.40. The number of rotatable bonds is 4. The van der Waals surface area contributed by atoms with Crippen molar-refractivity contribution < 1.29 is 4.39 Å². The fourth-order valence-corrected chi connectivity index (χ4v) is 4.68. The molecule has 4 N–H and O–H groups in total. The summed E-state index contributed by atoms with van der Waals surface area (Å²) in [5.74, 6) is 2.72. The monoisotopic (exact) mass is 436 g/mol. The second-order valence-electron chi connectivity index (χ2n) is 7.24. The van der Waals surface area contributed by atoms with E-state index in [0.29, 0.717) is 40.1 Å². The molecule has 4 heterocycles. The lowest BCUT2D eigenvalue weighted by atomic mass is 10.2. The first kappa shape index (κ1) is 19.6. The molecule has 0 bridgehead atoms. The van der Waals surface area contributed by atoms with E-state index in [1.54, 1.807) is 29.1 Å². The van der Waals surface area contributed by atoms with Crippen molar-refractivity contribution in [2.24, 2.45) is 0 Å². The minimum absolute atomic E-state index is 0.231. The summed E-state index contributed by atoms with van der Waals surface area (Å²) in [6.07, 6.45) is 1.67. The summed E-state index contributed by atoms with van der Waals surface area (Å²) in [5, 5.41) is 5.40. The number of pyridine rings is 1. The van der Waals surface area contributed by atoms with Gasteiger partial charge in [-0.25, -0.2) is 24.0 Å². The lowest BCUT2D eigenvalue weighted by Gasteiger charge is -2.29. The molecular weight excluding hydrogens is 415 g/mol. The smallest absolute Gasteiger partial charge is 0.184 e. The molecule has 1 aliphatic rings. The van der Waals surface area contributed by atoms with Gasteiger partial charge in [0.05, 0.1) is 11.9 Å². The van der Waals surface area contributed by atoms with E-state index >= 15 is 0 Å². The fraction of sp³-hybridized carbons (Fsp3) is 0.238. The maximum absolute atomic E-state index is 14.2. The van der Waals surface area contributed by atoms with Crippen molar-refractivity contribution in [1.82, 2.24) is 24.7 Å². The molecule has 4 aromatic rings. The van der Waals surface area contributed by atoms with Crippen molar-refractivity contribution in [3.05, 3.63) is 54.0 Å². The van der Waals surface area contributed by atoms with Crippen LogP contribution in [0.15, 0.2) is 42.6 Å². The van der Waals surface area contributed by atoms with Gasteiger partial charge in [0.15, 0.2) is 23.1 Å². The molecule has 0 unspecified atom stereocenters. The topological polar surface area (TPSA) is 112 Å². The van der Waals surface area contributed by atoms with Gasteiger partial charge < -0.3 is 16.4 Å². The SMILES string of the molecule is Nc1nc(-c2nn(Cc3ccccc3F)c3ncccc23)nc(N)c1N1CCSCC1. The molecule has 1 aliphatic heterocycles. The maximum Gasteiger partial charge on any atom is 0.184 e. The molecular formula is C21H21FN8S. The van der Waals surface area contributed by atoms with Crippen molar-refractivity contribution in [3.63, 3.8) is 0 Å². The highest BCUT2D eigenvalue weighted by atomic mass is 32.2. The Morgan fingerprint density at radius 1 is 1.00 bits per heavy atom. The average molecular weight is 437 g/mol. The quantitative estimate of drug-likeness (QED) is 0.502. The predicted molar refractivity (Wildman–Crippen MR) is 122 cm³/mol. The molecule has 1 aromatic carbocycles. The van der Waals surface area contributed by atoms with E-state index in [1.807, 2.05) is 23.9 Å². The molecule has 8 nitrogen and oxygen atoms in total. The highest BCUT2D eigenvalue weighted by Crippen LogP contribution is 2.33. The van der Waals surface area contributed by atoms with Gasteiger partial charge in [-0.2, -0.15) is 16.9 Å². The average Bonchev–Trinajstić information content (AvgIpc) is 3.14. The lowest BCUT2D eigenvalue weighted by molar-refractivity contribution is 0.589. The maximum atomic E-state index is 14.2. The van der Waals surface area contributed by atoms with E-state index < -0.39 is 0 Å². The van der Waals surface area contributed by atoms with Crippen LogP contribution in [0.1, 0.15) is 5.56 Å². The van der Waals surface area contributed by atoms with Gasteiger partial charge in [0, 0.05) is 36.4 Å². The Morgan fingerprint density at radius 2 is 1.74 bits per heavy atom. The molecule has 0 atom stereocenters.